The molecule has 4 rings (SSSR count). The molecule has 0 amide bonds. The van der Waals surface area contributed by atoms with E-state index in [1.807, 2.05) is 0 Å². The SMILES string of the molecule is Cc1cccc2c1CCC(c1cc(C)c3c(c1)OCCC3)C2. The van der Waals surface area contributed by atoms with Gasteiger partial charge in [-0.1, -0.05) is 24.3 Å². The molecule has 1 heterocycles. The number of hydrogen-bond donors (Lipinski definition) is 0. The largest absolute Gasteiger partial charge is 0.493 e. The standard InChI is InChI=1S/C21H24O/c1-14-5-3-6-17-12-16(8-9-19(14)17)18-11-15(2)20-7-4-10-22-21(20)13-18/h3,5-6,11,13,16H,4,7-10,12H2,1-2H3. The lowest BCUT2D eigenvalue weighted by molar-refractivity contribution is 0.287. The third-order valence-corrected chi connectivity index (χ3v) is 5.47. The molecule has 0 aromatic heterocycles. The van der Waals surface area contributed by atoms with Gasteiger partial charge in [-0.2, -0.15) is 0 Å². The number of benzene rings is 2. The van der Waals surface area contributed by atoms with Crippen LogP contribution in [0.1, 0.15) is 52.1 Å². The first-order chi connectivity index (χ1) is 10.7. The summed E-state index contributed by atoms with van der Waals surface area (Å²) in [5.74, 6) is 1.79. The highest BCUT2D eigenvalue weighted by Crippen LogP contribution is 2.38. The summed E-state index contributed by atoms with van der Waals surface area (Å²) in [6, 6.07) is 11.5. The minimum atomic E-state index is 0.642. The van der Waals surface area contributed by atoms with Crippen LogP contribution in [0.4, 0.5) is 0 Å². The zero-order valence-corrected chi connectivity index (χ0v) is 13.6. The van der Waals surface area contributed by atoms with E-state index in [1.165, 1.54) is 47.9 Å². The third-order valence-electron chi connectivity index (χ3n) is 5.47. The fraction of sp³-hybridized carbons (Fsp3) is 0.429. The monoisotopic (exact) mass is 292 g/mol. The first-order valence-electron chi connectivity index (χ1n) is 8.56. The fourth-order valence-electron chi connectivity index (χ4n) is 4.21. The Labute approximate surface area is 133 Å². The summed E-state index contributed by atoms with van der Waals surface area (Å²) in [4.78, 5) is 0. The number of aryl methyl sites for hydroxylation is 2. The van der Waals surface area contributed by atoms with Crippen molar-refractivity contribution in [2.45, 2.75) is 51.9 Å². The maximum Gasteiger partial charge on any atom is 0.123 e. The minimum absolute atomic E-state index is 0.642. The van der Waals surface area contributed by atoms with Gasteiger partial charge in [0.05, 0.1) is 6.61 Å². The Morgan fingerprint density at radius 1 is 1.00 bits per heavy atom. The van der Waals surface area contributed by atoms with E-state index in [0.717, 1.165) is 18.8 Å². The van der Waals surface area contributed by atoms with Gasteiger partial charge in [-0.15, -0.1) is 0 Å². The Bertz CT molecular complexity index is 714. The molecule has 0 saturated carbocycles. The highest BCUT2D eigenvalue weighted by Gasteiger charge is 2.23. The Balaban J connectivity index is 1.67. The summed E-state index contributed by atoms with van der Waals surface area (Å²) in [6.07, 6.45) is 5.98. The molecule has 2 aromatic carbocycles. The molecular weight excluding hydrogens is 268 g/mol. The van der Waals surface area contributed by atoms with Gasteiger partial charge >= 0.3 is 0 Å². The van der Waals surface area contributed by atoms with Crippen LogP contribution in [0.2, 0.25) is 0 Å². The Hall–Kier alpha value is -1.76. The highest BCUT2D eigenvalue weighted by molar-refractivity contribution is 5.47. The molecule has 2 aromatic rings. The molecule has 1 aliphatic carbocycles. The average Bonchev–Trinajstić information content (AvgIpc) is 2.55. The van der Waals surface area contributed by atoms with Crippen molar-refractivity contribution < 1.29 is 4.74 Å². The van der Waals surface area contributed by atoms with Gasteiger partial charge in [-0.3, -0.25) is 0 Å². The molecule has 114 valence electrons. The van der Waals surface area contributed by atoms with E-state index in [-0.39, 0.29) is 0 Å². The van der Waals surface area contributed by atoms with Crippen LogP contribution >= 0.6 is 0 Å². The van der Waals surface area contributed by atoms with Gasteiger partial charge in [0.15, 0.2) is 0 Å². The van der Waals surface area contributed by atoms with E-state index in [1.54, 1.807) is 11.1 Å². The van der Waals surface area contributed by atoms with Crippen LogP contribution in [0.15, 0.2) is 30.3 Å². The van der Waals surface area contributed by atoms with Crippen LogP contribution in [0.25, 0.3) is 0 Å². The van der Waals surface area contributed by atoms with E-state index in [0.29, 0.717) is 5.92 Å². The van der Waals surface area contributed by atoms with Crippen LogP contribution in [-0.4, -0.2) is 6.61 Å². The third kappa shape index (κ3) is 2.33. The lowest BCUT2D eigenvalue weighted by Crippen LogP contribution is -2.16. The molecule has 0 saturated heterocycles. The van der Waals surface area contributed by atoms with Gasteiger partial charge in [0.2, 0.25) is 0 Å². The Kier molecular flexibility index (Phi) is 3.44. The molecule has 1 atom stereocenters. The zero-order chi connectivity index (χ0) is 15.1. The summed E-state index contributed by atoms with van der Waals surface area (Å²) >= 11 is 0. The second-order valence-corrected chi connectivity index (χ2v) is 6.92. The summed E-state index contributed by atoms with van der Waals surface area (Å²) in [5.41, 5.74) is 8.92. The molecule has 1 nitrogen and oxygen atoms in total. The number of ether oxygens (including phenoxy) is 1. The summed E-state index contributed by atoms with van der Waals surface area (Å²) < 4.78 is 5.92. The molecule has 22 heavy (non-hydrogen) atoms. The minimum Gasteiger partial charge on any atom is -0.493 e. The summed E-state index contributed by atoms with van der Waals surface area (Å²) in [6.45, 7) is 5.37. The summed E-state index contributed by atoms with van der Waals surface area (Å²) in [7, 11) is 0. The second kappa shape index (κ2) is 5.46. The molecule has 0 N–H and O–H groups in total. The van der Waals surface area contributed by atoms with Gasteiger partial charge in [0.25, 0.3) is 0 Å². The molecule has 0 bridgehead atoms. The average molecular weight is 292 g/mol. The van der Waals surface area contributed by atoms with Crippen molar-refractivity contribution in [3.8, 4) is 5.75 Å². The molecule has 1 unspecified atom stereocenters. The normalized spacial score (nSPS) is 20.0. The van der Waals surface area contributed by atoms with Crippen molar-refractivity contribution in [1.29, 1.82) is 0 Å². The Morgan fingerprint density at radius 2 is 1.91 bits per heavy atom. The number of hydrogen-bond acceptors (Lipinski definition) is 1. The predicted octanol–water partition coefficient (Wildman–Crippen LogP) is 4.90. The van der Waals surface area contributed by atoms with E-state index in [9.17, 15) is 0 Å². The van der Waals surface area contributed by atoms with Crippen molar-refractivity contribution >= 4 is 0 Å². The molecular formula is C21H24O. The van der Waals surface area contributed by atoms with Crippen molar-refractivity contribution in [3.63, 3.8) is 0 Å². The number of rotatable bonds is 1. The zero-order valence-electron chi connectivity index (χ0n) is 13.6. The fourth-order valence-corrected chi connectivity index (χ4v) is 4.21. The smallest absolute Gasteiger partial charge is 0.123 e. The number of fused-ring (bicyclic) bond motifs is 2. The van der Waals surface area contributed by atoms with Crippen molar-refractivity contribution in [1.82, 2.24) is 0 Å². The van der Waals surface area contributed by atoms with Crippen molar-refractivity contribution in [2.24, 2.45) is 0 Å². The molecule has 0 radical (unpaired) electrons. The lowest BCUT2D eigenvalue weighted by Gasteiger charge is -2.28. The van der Waals surface area contributed by atoms with Crippen LogP contribution in [0, 0.1) is 13.8 Å². The van der Waals surface area contributed by atoms with Gasteiger partial charge < -0.3 is 4.74 Å². The van der Waals surface area contributed by atoms with Gasteiger partial charge in [0, 0.05) is 0 Å². The van der Waals surface area contributed by atoms with E-state index in [2.05, 4.69) is 44.2 Å². The van der Waals surface area contributed by atoms with E-state index < -0.39 is 0 Å². The maximum absolute atomic E-state index is 5.92. The van der Waals surface area contributed by atoms with Crippen LogP contribution < -0.4 is 4.74 Å². The predicted molar refractivity (Wildman–Crippen MR) is 90.9 cm³/mol. The molecule has 0 fully saturated rings. The Morgan fingerprint density at radius 3 is 2.82 bits per heavy atom. The van der Waals surface area contributed by atoms with Crippen molar-refractivity contribution in [2.75, 3.05) is 6.61 Å². The van der Waals surface area contributed by atoms with Crippen LogP contribution in [0.5, 0.6) is 5.75 Å². The van der Waals surface area contributed by atoms with Gasteiger partial charge in [0.1, 0.15) is 5.75 Å². The van der Waals surface area contributed by atoms with E-state index in [4.69, 9.17) is 4.74 Å². The van der Waals surface area contributed by atoms with Crippen LogP contribution in [0.3, 0.4) is 0 Å². The molecule has 2 aliphatic rings. The van der Waals surface area contributed by atoms with Crippen molar-refractivity contribution in [3.05, 3.63) is 63.7 Å². The highest BCUT2D eigenvalue weighted by atomic mass is 16.5. The topological polar surface area (TPSA) is 9.23 Å². The second-order valence-electron chi connectivity index (χ2n) is 6.92. The van der Waals surface area contributed by atoms with Gasteiger partial charge in [-0.25, -0.2) is 0 Å². The quantitative estimate of drug-likeness (QED) is 0.726. The molecule has 0 spiro atoms. The van der Waals surface area contributed by atoms with E-state index >= 15 is 0 Å². The maximum atomic E-state index is 5.92. The lowest BCUT2D eigenvalue weighted by atomic mass is 9.78. The van der Waals surface area contributed by atoms with Crippen LogP contribution in [-0.2, 0) is 19.3 Å². The first-order valence-corrected chi connectivity index (χ1v) is 8.56. The molecule has 1 aliphatic heterocycles. The first kappa shape index (κ1) is 13.9. The van der Waals surface area contributed by atoms with Gasteiger partial charge in [-0.05, 0) is 91.3 Å². The molecule has 1 heteroatoms. The summed E-state index contributed by atoms with van der Waals surface area (Å²) in [5, 5.41) is 0.